The maximum absolute atomic E-state index is 14.5. The van der Waals surface area contributed by atoms with Crippen LogP contribution in [0, 0.1) is 19.7 Å². The first-order valence-corrected chi connectivity index (χ1v) is 14.2. The van der Waals surface area contributed by atoms with Crippen LogP contribution < -0.4 is 9.62 Å². The van der Waals surface area contributed by atoms with Crippen LogP contribution in [0.15, 0.2) is 42.5 Å². The summed E-state index contributed by atoms with van der Waals surface area (Å²) in [6.45, 7) is 4.55. The van der Waals surface area contributed by atoms with Crippen LogP contribution in [0.4, 0.5) is 10.1 Å². The van der Waals surface area contributed by atoms with Crippen molar-refractivity contribution in [1.29, 1.82) is 0 Å². The Hall–Kier alpha value is -2.94. The van der Waals surface area contributed by atoms with Crippen molar-refractivity contribution < 1.29 is 22.4 Å². The zero-order valence-corrected chi connectivity index (χ0v) is 22.3. The van der Waals surface area contributed by atoms with Crippen molar-refractivity contribution in [3.8, 4) is 0 Å². The van der Waals surface area contributed by atoms with Gasteiger partial charge in [0.15, 0.2) is 0 Å². The Morgan fingerprint density at radius 3 is 2.39 bits per heavy atom. The monoisotopic (exact) mass is 517 g/mol. The van der Waals surface area contributed by atoms with Crippen LogP contribution >= 0.6 is 0 Å². The fourth-order valence-corrected chi connectivity index (χ4v) is 5.44. The average molecular weight is 518 g/mol. The zero-order valence-electron chi connectivity index (χ0n) is 21.5. The van der Waals surface area contributed by atoms with Gasteiger partial charge in [0.2, 0.25) is 21.8 Å². The summed E-state index contributed by atoms with van der Waals surface area (Å²) in [7, 11) is -3.82. The van der Waals surface area contributed by atoms with E-state index < -0.39 is 34.3 Å². The summed E-state index contributed by atoms with van der Waals surface area (Å²) < 4.78 is 41.1. The molecule has 7 nitrogen and oxygen atoms in total. The first-order valence-electron chi connectivity index (χ1n) is 12.4. The van der Waals surface area contributed by atoms with Crippen molar-refractivity contribution in [3.63, 3.8) is 0 Å². The Kier molecular flexibility index (Phi) is 9.11. The summed E-state index contributed by atoms with van der Waals surface area (Å²) in [5.74, 6) is -1.41. The molecule has 1 atom stereocenters. The van der Waals surface area contributed by atoms with Gasteiger partial charge in [0.05, 0.1) is 11.9 Å². The molecule has 2 aromatic rings. The molecule has 0 unspecified atom stereocenters. The van der Waals surface area contributed by atoms with E-state index in [0.717, 1.165) is 48.2 Å². The third-order valence-corrected chi connectivity index (χ3v) is 7.86. The maximum atomic E-state index is 14.5. The maximum Gasteiger partial charge on any atom is 0.244 e. The molecule has 1 aliphatic carbocycles. The van der Waals surface area contributed by atoms with Crippen molar-refractivity contribution in [2.75, 3.05) is 17.1 Å². The number of benzene rings is 2. The second-order valence-electron chi connectivity index (χ2n) is 9.69. The first-order chi connectivity index (χ1) is 17.0. The SMILES string of the molecule is Cc1ccc(C)c(N(CC(=O)N(Cc2ccccc2F)[C@H](C)C(=O)NC2CCCCC2)S(C)(=O)=O)c1. The summed E-state index contributed by atoms with van der Waals surface area (Å²) in [5, 5.41) is 3.03. The Labute approximate surface area is 213 Å². The number of carbonyl (C=O) groups excluding carboxylic acids is 2. The number of sulfonamides is 1. The molecule has 1 saturated carbocycles. The number of hydrogen-bond acceptors (Lipinski definition) is 4. The Morgan fingerprint density at radius 2 is 1.75 bits per heavy atom. The lowest BCUT2D eigenvalue weighted by Gasteiger charge is -2.33. The number of amides is 2. The third-order valence-electron chi connectivity index (χ3n) is 6.73. The number of carbonyl (C=O) groups is 2. The topological polar surface area (TPSA) is 86.8 Å². The van der Waals surface area contributed by atoms with Crippen molar-refractivity contribution >= 4 is 27.5 Å². The number of nitrogens with one attached hydrogen (secondary N) is 1. The van der Waals surface area contributed by atoms with Crippen LogP contribution in [0.25, 0.3) is 0 Å². The van der Waals surface area contributed by atoms with E-state index in [2.05, 4.69) is 5.32 Å². The molecule has 9 heteroatoms. The minimum Gasteiger partial charge on any atom is -0.352 e. The highest BCUT2D eigenvalue weighted by Crippen LogP contribution is 2.25. The molecule has 2 amide bonds. The molecule has 0 aliphatic heterocycles. The van der Waals surface area contributed by atoms with E-state index in [1.54, 1.807) is 44.2 Å². The largest absolute Gasteiger partial charge is 0.352 e. The lowest BCUT2D eigenvalue weighted by Crippen LogP contribution is -2.53. The Bertz CT molecular complexity index is 1200. The van der Waals surface area contributed by atoms with E-state index in [1.165, 1.54) is 11.0 Å². The fraction of sp³-hybridized carbons (Fsp3) is 0.481. The van der Waals surface area contributed by atoms with Gasteiger partial charge in [0.1, 0.15) is 18.4 Å². The lowest BCUT2D eigenvalue weighted by atomic mass is 9.95. The van der Waals surface area contributed by atoms with Crippen molar-refractivity contribution in [2.24, 2.45) is 0 Å². The molecule has 3 rings (SSSR count). The van der Waals surface area contributed by atoms with Gasteiger partial charge in [-0.1, -0.05) is 49.6 Å². The summed E-state index contributed by atoms with van der Waals surface area (Å²) in [4.78, 5) is 28.1. The van der Waals surface area contributed by atoms with E-state index in [4.69, 9.17) is 0 Å². The zero-order chi connectivity index (χ0) is 26.5. The second kappa shape index (κ2) is 11.9. The van der Waals surface area contributed by atoms with Crippen LogP contribution in [0.2, 0.25) is 0 Å². The van der Waals surface area contributed by atoms with E-state index in [9.17, 15) is 22.4 Å². The van der Waals surface area contributed by atoms with Crippen LogP contribution in [0.3, 0.4) is 0 Å². The number of anilines is 1. The highest BCUT2D eigenvalue weighted by molar-refractivity contribution is 7.92. The molecule has 1 N–H and O–H groups in total. The molecule has 0 bridgehead atoms. The van der Waals surface area contributed by atoms with E-state index in [1.807, 2.05) is 13.0 Å². The summed E-state index contributed by atoms with van der Waals surface area (Å²) in [6.07, 6.45) is 6.02. The molecule has 0 radical (unpaired) electrons. The van der Waals surface area contributed by atoms with Crippen molar-refractivity contribution in [1.82, 2.24) is 10.2 Å². The molecule has 1 fully saturated rings. The fourth-order valence-electron chi connectivity index (χ4n) is 4.54. The van der Waals surface area contributed by atoms with Gasteiger partial charge in [0, 0.05) is 18.2 Å². The van der Waals surface area contributed by atoms with Crippen LogP contribution in [0.1, 0.15) is 55.7 Å². The van der Waals surface area contributed by atoms with E-state index in [0.29, 0.717) is 11.3 Å². The lowest BCUT2D eigenvalue weighted by molar-refractivity contribution is -0.139. The summed E-state index contributed by atoms with van der Waals surface area (Å²) >= 11 is 0. The summed E-state index contributed by atoms with van der Waals surface area (Å²) in [5.41, 5.74) is 2.19. The Balaban J connectivity index is 1.91. The van der Waals surface area contributed by atoms with Gasteiger partial charge >= 0.3 is 0 Å². The van der Waals surface area contributed by atoms with Crippen molar-refractivity contribution in [2.45, 2.75) is 71.5 Å². The predicted octanol–water partition coefficient (Wildman–Crippen LogP) is 4.07. The van der Waals surface area contributed by atoms with Gasteiger partial charge in [-0.05, 0) is 56.9 Å². The molecule has 36 heavy (non-hydrogen) atoms. The van der Waals surface area contributed by atoms with Gasteiger partial charge in [-0.15, -0.1) is 0 Å². The molecular formula is C27H36FN3O4S. The normalized spacial score (nSPS) is 15.2. The third kappa shape index (κ3) is 7.06. The minimum absolute atomic E-state index is 0.0431. The predicted molar refractivity (Wildman–Crippen MR) is 140 cm³/mol. The van der Waals surface area contributed by atoms with Gasteiger partial charge in [-0.25, -0.2) is 12.8 Å². The van der Waals surface area contributed by atoms with Crippen LogP contribution in [0.5, 0.6) is 0 Å². The smallest absolute Gasteiger partial charge is 0.244 e. The van der Waals surface area contributed by atoms with Gasteiger partial charge in [0.25, 0.3) is 0 Å². The molecule has 0 heterocycles. The number of aryl methyl sites for hydroxylation is 2. The molecule has 0 aromatic heterocycles. The number of nitrogens with zero attached hydrogens (tertiary/aromatic N) is 2. The molecule has 196 valence electrons. The molecule has 0 spiro atoms. The van der Waals surface area contributed by atoms with E-state index >= 15 is 0 Å². The molecule has 1 aliphatic rings. The highest BCUT2D eigenvalue weighted by atomic mass is 32.2. The van der Waals surface area contributed by atoms with Gasteiger partial charge in [-0.2, -0.15) is 0 Å². The Morgan fingerprint density at radius 1 is 1.08 bits per heavy atom. The molecular weight excluding hydrogens is 481 g/mol. The summed E-state index contributed by atoms with van der Waals surface area (Å²) in [6, 6.07) is 10.6. The van der Waals surface area contributed by atoms with Gasteiger partial charge < -0.3 is 10.2 Å². The average Bonchev–Trinajstić information content (AvgIpc) is 2.83. The quantitative estimate of drug-likeness (QED) is 0.543. The van der Waals surface area contributed by atoms with E-state index in [-0.39, 0.29) is 24.1 Å². The number of halogens is 1. The number of hydrogen-bond donors (Lipinski definition) is 1. The number of rotatable bonds is 9. The van der Waals surface area contributed by atoms with Crippen molar-refractivity contribution in [3.05, 3.63) is 65.0 Å². The van der Waals surface area contributed by atoms with Gasteiger partial charge in [-0.3, -0.25) is 13.9 Å². The minimum atomic E-state index is -3.82. The standard InChI is InChI=1S/C27H36FN3O4S/c1-19-14-15-20(2)25(16-19)31(36(4,34)35)18-26(32)30(17-22-10-8-9-13-24(22)28)21(3)27(33)29-23-11-6-5-7-12-23/h8-10,13-16,21,23H,5-7,11-12,17-18H2,1-4H3,(H,29,33)/t21-/m1/s1. The molecule has 0 saturated heterocycles. The van der Waals surface area contributed by atoms with Crippen LogP contribution in [-0.2, 0) is 26.2 Å². The van der Waals surface area contributed by atoms with Crippen LogP contribution in [-0.4, -0.2) is 50.0 Å². The first kappa shape index (κ1) is 27.6. The second-order valence-corrected chi connectivity index (χ2v) is 11.6. The highest BCUT2D eigenvalue weighted by Gasteiger charge is 2.32. The molecule has 2 aromatic carbocycles.